The molecule has 2 aromatic carbocycles. The zero-order valence-electron chi connectivity index (χ0n) is 18.2. The highest BCUT2D eigenvalue weighted by molar-refractivity contribution is 6.06. The largest absolute Gasteiger partial charge is 0.497 e. The van der Waals surface area contributed by atoms with Gasteiger partial charge in [-0.05, 0) is 61.7 Å². The number of anilines is 1. The SMILES string of the molecule is COc1cccc(N(C(=O)c2ccc(C)cc2)C2CCN(Cc3ccncc3)CC2)c1. The Bertz CT molecular complexity index is 997. The third-order valence-electron chi connectivity index (χ3n) is 5.93. The van der Waals surface area contributed by atoms with Crippen molar-refractivity contribution in [3.05, 3.63) is 89.7 Å². The van der Waals surface area contributed by atoms with E-state index >= 15 is 0 Å². The molecule has 3 aromatic rings. The molecule has 160 valence electrons. The van der Waals surface area contributed by atoms with Crippen LogP contribution in [-0.2, 0) is 6.54 Å². The molecular formula is C26H29N3O2. The number of aromatic nitrogens is 1. The van der Waals surface area contributed by atoms with Crippen LogP contribution in [0.15, 0.2) is 73.1 Å². The first-order chi connectivity index (χ1) is 15.1. The van der Waals surface area contributed by atoms with Gasteiger partial charge in [0.2, 0.25) is 0 Å². The van der Waals surface area contributed by atoms with Crippen molar-refractivity contribution >= 4 is 11.6 Å². The number of methoxy groups -OCH3 is 1. The summed E-state index contributed by atoms with van der Waals surface area (Å²) in [5, 5.41) is 0. The number of benzene rings is 2. The highest BCUT2D eigenvalue weighted by Crippen LogP contribution is 2.29. The Labute approximate surface area is 184 Å². The van der Waals surface area contributed by atoms with Crippen molar-refractivity contribution in [2.24, 2.45) is 0 Å². The number of pyridine rings is 1. The Hall–Kier alpha value is -3.18. The maximum absolute atomic E-state index is 13.6. The van der Waals surface area contributed by atoms with Gasteiger partial charge < -0.3 is 9.64 Å². The molecule has 1 aliphatic heterocycles. The summed E-state index contributed by atoms with van der Waals surface area (Å²) < 4.78 is 5.43. The van der Waals surface area contributed by atoms with E-state index in [9.17, 15) is 4.79 Å². The van der Waals surface area contributed by atoms with E-state index in [1.54, 1.807) is 7.11 Å². The van der Waals surface area contributed by atoms with Crippen LogP contribution in [0.5, 0.6) is 5.75 Å². The van der Waals surface area contributed by atoms with E-state index in [2.05, 4.69) is 22.0 Å². The monoisotopic (exact) mass is 415 g/mol. The number of likely N-dealkylation sites (tertiary alicyclic amines) is 1. The third-order valence-corrected chi connectivity index (χ3v) is 5.93. The molecule has 0 aliphatic carbocycles. The highest BCUT2D eigenvalue weighted by Gasteiger charge is 2.30. The van der Waals surface area contributed by atoms with E-state index in [-0.39, 0.29) is 11.9 Å². The van der Waals surface area contributed by atoms with Crippen molar-refractivity contribution in [2.45, 2.75) is 32.4 Å². The lowest BCUT2D eigenvalue weighted by Gasteiger charge is -2.38. The molecule has 0 saturated carbocycles. The van der Waals surface area contributed by atoms with Gasteiger partial charge in [0.25, 0.3) is 5.91 Å². The van der Waals surface area contributed by atoms with Crippen molar-refractivity contribution < 1.29 is 9.53 Å². The number of piperidine rings is 1. The predicted octanol–water partition coefficient (Wildman–Crippen LogP) is 4.71. The van der Waals surface area contributed by atoms with Crippen LogP contribution in [-0.4, -0.2) is 42.0 Å². The minimum atomic E-state index is 0.0424. The molecule has 4 rings (SSSR count). The molecule has 1 aromatic heterocycles. The van der Waals surface area contributed by atoms with Gasteiger partial charge in [-0.3, -0.25) is 14.7 Å². The number of amides is 1. The summed E-state index contributed by atoms with van der Waals surface area (Å²) in [5.41, 5.74) is 4.02. The smallest absolute Gasteiger partial charge is 0.258 e. The molecule has 1 fully saturated rings. The van der Waals surface area contributed by atoms with Gasteiger partial charge in [0.05, 0.1) is 7.11 Å². The quantitative estimate of drug-likeness (QED) is 0.585. The Morgan fingerprint density at radius 3 is 2.45 bits per heavy atom. The van der Waals surface area contributed by atoms with Crippen molar-refractivity contribution in [1.82, 2.24) is 9.88 Å². The lowest BCUT2D eigenvalue weighted by molar-refractivity contribution is 0.0958. The Morgan fingerprint density at radius 2 is 1.77 bits per heavy atom. The number of carbonyl (C=O) groups excluding carboxylic acids is 1. The summed E-state index contributed by atoms with van der Waals surface area (Å²) in [7, 11) is 1.66. The second kappa shape index (κ2) is 9.75. The number of nitrogens with zero attached hydrogens (tertiary/aromatic N) is 3. The standard InChI is InChI=1S/C26H29N3O2/c1-20-6-8-22(9-7-20)26(30)29(24-4-3-5-25(18-24)31-2)23-12-16-28(17-13-23)19-21-10-14-27-15-11-21/h3-11,14-15,18,23H,12-13,16-17,19H2,1-2H3. The summed E-state index contributed by atoms with van der Waals surface area (Å²) >= 11 is 0. The Kier molecular flexibility index (Phi) is 6.63. The van der Waals surface area contributed by atoms with E-state index in [0.29, 0.717) is 5.56 Å². The minimum absolute atomic E-state index is 0.0424. The maximum atomic E-state index is 13.6. The van der Waals surface area contributed by atoms with Gasteiger partial charge in [-0.1, -0.05) is 23.8 Å². The first-order valence-corrected chi connectivity index (χ1v) is 10.8. The van der Waals surface area contributed by atoms with Crippen LogP contribution in [0.2, 0.25) is 0 Å². The zero-order chi connectivity index (χ0) is 21.6. The van der Waals surface area contributed by atoms with Crippen molar-refractivity contribution in [1.29, 1.82) is 0 Å². The number of hydrogen-bond donors (Lipinski definition) is 0. The number of hydrogen-bond acceptors (Lipinski definition) is 4. The first-order valence-electron chi connectivity index (χ1n) is 10.8. The van der Waals surface area contributed by atoms with Crippen molar-refractivity contribution in [3.8, 4) is 5.75 Å². The molecule has 0 N–H and O–H groups in total. The van der Waals surface area contributed by atoms with Crippen LogP contribution in [0.3, 0.4) is 0 Å². The van der Waals surface area contributed by atoms with E-state index in [1.165, 1.54) is 5.56 Å². The molecule has 1 aliphatic rings. The maximum Gasteiger partial charge on any atom is 0.258 e. The molecule has 1 saturated heterocycles. The van der Waals surface area contributed by atoms with Crippen molar-refractivity contribution in [3.63, 3.8) is 0 Å². The van der Waals surface area contributed by atoms with Crippen LogP contribution < -0.4 is 9.64 Å². The molecule has 0 atom stereocenters. The van der Waals surface area contributed by atoms with Crippen LogP contribution in [0, 0.1) is 6.92 Å². The second-order valence-corrected chi connectivity index (χ2v) is 8.11. The van der Waals surface area contributed by atoms with Crippen LogP contribution in [0.25, 0.3) is 0 Å². The lowest BCUT2D eigenvalue weighted by Crippen LogP contribution is -2.47. The average Bonchev–Trinajstić information content (AvgIpc) is 2.81. The van der Waals surface area contributed by atoms with Gasteiger partial charge in [-0.15, -0.1) is 0 Å². The fraction of sp³-hybridized carbons (Fsp3) is 0.308. The predicted molar refractivity (Wildman–Crippen MR) is 124 cm³/mol. The highest BCUT2D eigenvalue weighted by atomic mass is 16.5. The zero-order valence-corrected chi connectivity index (χ0v) is 18.2. The first kappa shape index (κ1) is 21.1. The molecule has 5 nitrogen and oxygen atoms in total. The van der Waals surface area contributed by atoms with Crippen LogP contribution >= 0.6 is 0 Å². The molecule has 5 heteroatoms. The van der Waals surface area contributed by atoms with Gasteiger partial charge in [0.15, 0.2) is 0 Å². The van der Waals surface area contributed by atoms with Crippen molar-refractivity contribution in [2.75, 3.05) is 25.1 Å². The summed E-state index contributed by atoms with van der Waals surface area (Å²) in [6, 6.07) is 19.9. The summed E-state index contributed by atoms with van der Waals surface area (Å²) in [6.07, 6.45) is 5.54. The number of rotatable bonds is 6. The summed E-state index contributed by atoms with van der Waals surface area (Å²) in [6.45, 7) is 4.86. The Balaban J connectivity index is 1.54. The second-order valence-electron chi connectivity index (χ2n) is 8.11. The average molecular weight is 416 g/mol. The van der Waals surface area contributed by atoms with Gasteiger partial charge in [0, 0.05) is 55.4 Å². The summed E-state index contributed by atoms with van der Waals surface area (Å²) in [4.78, 5) is 22.1. The molecule has 0 unspecified atom stereocenters. The third kappa shape index (κ3) is 5.12. The van der Waals surface area contributed by atoms with E-state index in [0.717, 1.165) is 49.5 Å². The minimum Gasteiger partial charge on any atom is -0.497 e. The molecule has 0 radical (unpaired) electrons. The molecular weight excluding hydrogens is 386 g/mol. The van der Waals surface area contributed by atoms with E-state index < -0.39 is 0 Å². The number of carbonyl (C=O) groups is 1. The van der Waals surface area contributed by atoms with Gasteiger partial charge in [0.1, 0.15) is 5.75 Å². The van der Waals surface area contributed by atoms with Gasteiger partial charge in [-0.2, -0.15) is 0 Å². The van der Waals surface area contributed by atoms with Crippen LogP contribution in [0.1, 0.15) is 34.3 Å². The van der Waals surface area contributed by atoms with Crippen LogP contribution in [0.4, 0.5) is 5.69 Å². The lowest BCUT2D eigenvalue weighted by atomic mass is 10.00. The van der Waals surface area contributed by atoms with Gasteiger partial charge >= 0.3 is 0 Å². The fourth-order valence-electron chi connectivity index (χ4n) is 4.17. The van der Waals surface area contributed by atoms with E-state index in [1.807, 2.05) is 72.7 Å². The normalized spacial score (nSPS) is 14.9. The molecule has 0 bridgehead atoms. The molecule has 2 heterocycles. The van der Waals surface area contributed by atoms with Gasteiger partial charge in [-0.25, -0.2) is 0 Å². The van der Waals surface area contributed by atoms with E-state index in [4.69, 9.17) is 4.74 Å². The topological polar surface area (TPSA) is 45.7 Å². The molecule has 1 amide bonds. The molecule has 31 heavy (non-hydrogen) atoms. The number of ether oxygens (including phenoxy) is 1. The number of aryl methyl sites for hydroxylation is 1. The summed E-state index contributed by atoms with van der Waals surface area (Å²) in [5.74, 6) is 0.801. The Morgan fingerprint density at radius 1 is 1.06 bits per heavy atom. The molecule has 0 spiro atoms. The fourth-order valence-corrected chi connectivity index (χ4v) is 4.17.